The number of hydrogen-bond donors (Lipinski definition) is 2. The maximum atomic E-state index is 6.11. The SMILES string of the molecule is CCCCNC(=NCc1cc(Cl)c(Cl)n1C)NCc1nnc(C)n1C. The van der Waals surface area contributed by atoms with E-state index < -0.39 is 0 Å². The number of aliphatic imine (C=N–C) groups is 1. The Hall–Kier alpha value is -1.73. The van der Waals surface area contributed by atoms with E-state index in [0.717, 1.165) is 42.7 Å². The zero-order valence-electron chi connectivity index (χ0n) is 15.1. The molecule has 2 heterocycles. The zero-order valence-corrected chi connectivity index (χ0v) is 16.6. The maximum Gasteiger partial charge on any atom is 0.192 e. The molecule has 0 aromatic carbocycles. The van der Waals surface area contributed by atoms with Crippen molar-refractivity contribution < 1.29 is 0 Å². The van der Waals surface area contributed by atoms with E-state index >= 15 is 0 Å². The van der Waals surface area contributed by atoms with Gasteiger partial charge in [0.05, 0.1) is 18.1 Å². The largest absolute Gasteiger partial charge is 0.356 e. The lowest BCUT2D eigenvalue weighted by Crippen LogP contribution is -2.38. The lowest BCUT2D eigenvalue weighted by molar-refractivity contribution is 0.693. The Kier molecular flexibility index (Phi) is 7.13. The number of unbranched alkanes of at least 4 members (excludes halogenated alkanes) is 1. The highest BCUT2D eigenvalue weighted by atomic mass is 35.5. The monoisotopic (exact) mass is 385 g/mol. The van der Waals surface area contributed by atoms with Crippen LogP contribution in [0.3, 0.4) is 0 Å². The first-order valence-electron chi connectivity index (χ1n) is 8.30. The first-order valence-corrected chi connectivity index (χ1v) is 9.06. The molecule has 2 aromatic heterocycles. The minimum atomic E-state index is 0.474. The Morgan fingerprint density at radius 2 is 1.96 bits per heavy atom. The van der Waals surface area contributed by atoms with Gasteiger partial charge in [0.25, 0.3) is 0 Å². The summed E-state index contributed by atoms with van der Waals surface area (Å²) in [5.41, 5.74) is 0.945. The van der Waals surface area contributed by atoms with Gasteiger partial charge in [-0.2, -0.15) is 0 Å². The first kappa shape index (κ1) is 19.6. The molecule has 7 nitrogen and oxygen atoms in total. The number of nitrogens with zero attached hydrogens (tertiary/aromatic N) is 5. The van der Waals surface area contributed by atoms with Crippen LogP contribution < -0.4 is 10.6 Å². The Balaban J connectivity index is 2.05. The molecule has 0 atom stereocenters. The molecule has 0 amide bonds. The van der Waals surface area contributed by atoms with Gasteiger partial charge in [0, 0.05) is 26.3 Å². The second kappa shape index (κ2) is 9.10. The second-order valence-electron chi connectivity index (χ2n) is 5.85. The Bertz CT molecular complexity index is 733. The molecule has 0 bridgehead atoms. The molecule has 25 heavy (non-hydrogen) atoms. The number of aryl methyl sites for hydroxylation is 1. The second-order valence-corrected chi connectivity index (χ2v) is 6.62. The van der Waals surface area contributed by atoms with Gasteiger partial charge in [-0.25, -0.2) is 4.99 Å². The molecule has 138 valence electrons. The first-order chi connectivity index (χ1) is 11.9. The molecule has 0 unspecified atom stereocenters. The summed E-state index contributed by atoms with van der Waals surface area (Å²) in [6, 6.07) is 1.84. The van der Waals surface area contributed by atoms with Crippen LogP contribution in [0, 0.1) is 6.92 Å². The standard InChI is InChI=1S/C16H25Cl2N7/c1-5-6-7-19-16(21-10-14-23-22-11(2)24(14)3)20-9-12-8-13(17)15(18)25(12)4/h8H,5-7,9-10H2,1-4H3,(H2,19,20,21). The van der Waals surface area contributed by atoms with Crippen molar-refractivity contribution in [1.29, 1.82) is 0 Å². The minimum Gasteiger partial charge on any atom is -0.356 e. The Morgan fingerprint density at radius 3 is 2.52 bits per heavy atom. The third-order valence-electron chi connectivity index (χ3n) is 4.03. The lowest BCUT2D eigenvalue weighted by Gasteiger charge is -2.12. The number of rotatable bonds is 7. The highest BCUT2D eigenvalue weighted by Gasteiger charge is 2.10. The molecular formula is C16H25Cl2N7. The average Bonchev–Trinajstić information content (AvgIpc) is 3.04. The molecule has 0 saturated heterocycles. The Labute approximate surface area is 158 Å². The van der Waals surface area contributed by atoms with E-state index in [-0.39, 0.29) is 0 Å². The van der Waals surface area contributed by atoms with Crippen LogP contribution in [0.2, 0.25) is 10.2 Å². The topological polar surface area (TPSA) is 72.1 Å². The van der Waals surface area contributed by atoms with Crippen LogP contribution in [0.25, 0.3) is 0 Å². The van der Waals surface area contributed by atoms with Crippen molar-refractivity contribution in [2.24, 2.45) is 19.1 Å². The van der Waals surface area contributed by atoms with Crippen molar-refractivity contribution in [2.45, 2.75) is 39.8 Å². The highest BCUT2D eigenvalue weighted by molar-refractivity contribution is 6.41. The van der Waals surface area contributed by atoms with Gasteiger partial charge in [0.15, 0.2) is 11.8 Å². The molecule has 0 spiro atoms. The Morgan fingerprint density at radius 1 is 1.20 bits per heavy atom. The van der Waals surface area contributed by atoms with E-state index in [0.29, 0.717) is 23.3 Å². The summed E-state index contributed by atoms with van der Waals surface area (Å²) in [6.45, 7) is 5.96. The fraction of sp³-hybridized carbons (Fsp3) is 0.562. The number of nitrogens with one attached hydrogen (secondary N) is 2. The summed E-state index contributed by atoms with van der Waals surface area (Å²) in [4.78, 5) is 4.63. The molecule has 0 aliphatic rings. The average molecular weight is 386 g/mol. The summed E-state index contributed by atoms with van der Waals surface area (Å²) in [6.07, 6.45) is 2.19. The van der Waals surface area contributed by atoms with Gasteiger partial charge in [-0.1, -0.05) is 36.5 Å². The third kappa shape index (κ3) is 5.12. The predicted molar refractivity (Wildman–Crippen MR) is 102 cm³/mol. The summed E-state index contributed by atoms with van der Waals surface area (Å²) in [7, 11) is 3.82. The minimum absolute atomic E-state index is 0.474. The van der Waals surface area contributed by atoms with Crippen LogP contribution in [-0.2, 0) is 27.2 Å². The molecular weight excluding hydrogens is 361 g/mol. The zero-order chi connectivity index (χ0) is 18.4. The van der Waals surface area contributed by atoms with Crippen molar-refractivity contribution in [1.82, 2.24) is 30.0 Å². The maximum absolute atomic E-state index is 6.11. The molecule has 0 saturated carbocycles. The highest BCUT2D eigenvalue weighted by Crippen LogP contribution is 2.25. The van der Waals surface area contributed by atoms with Crippen LogP contribution in [0.5, 0.6) is 0 Å². The van der Waals surface area contributed by atoms with Gasteiger partial charge in [-0.05, 0) is 19.4 Å². The van der Waals surface area contributed by atoms with Crippen molar-refractivity contribution in [3.8, 4) is 0 Å². The fourth-order valence-electron chi connectivity index (χ4n) is 2.23. The van der Waals surface area contributed by atoms with E-state index in [4.69, 9.17) is 23.2 Å². The third-order valence-corrected chi connectivity index (χ3v) is 4.88. The van der Waals surface area contributed by atoms with Crippen molar-refractivity contribution in [2.75, 3.05) is 6.54 Å². The predicted octanol–water partition coefficient (Wildman–Crippen LogP) is 2.80. The summed E-state index contributed by atoms with van der Waals surface area (Å²) in [5.74, 6) is 2.46. The molecule has 0 fully saturated rings. The summed E-state index contributed by atoms with van der Waals surface area (Å²) >= 11 is 12.2. The number of aromatic nitrogens is 4. The summed E-state index contributed by atoms with van der Waals surface area (Å²) < 4.78 is 3.79. The van der Waals surface area contributed by atoms with E-state index in [1.807, 2.05) is 36.2 Å². The van der Waals surface area contributed by atoms with E-state index in [2.05, 4.69) is 32.7 Å². The van der Waals surface area contributed by atoms with Gasteiger partial charge >= 0.3 is 0 Å². The molecule has 0 radical (unpaired) electrons. The molecule has 2 N–H and O–H groups in total. The molecule has 2 aromatic rings. The van der Waals surface area contributed by atoms with Crippen LogP contribution in [0.15, 0.2) is 11.1 Å². The number of halogens is 2. The fourth-order valence-corrected chi connectivity index (χ4v) is 2.64. The van der Waals surface area contributed by atoms with Crippen molar-refractivity contribution in [3.63, 3.8) is 0 Å². The van der Waals surface area contributed by atoms with Crippen LogP contribution in [0.1, 0.15) is 37.1 Å². The molecule has 0 aliphatic carbocycles. The van der Waals surface area contributed by atoms with Gasteiger partial charge in [-0.3, -0.25) is 0 Å². The van der Waals surface area contributed by atoms with Crippen LogP contribution >= 0.6 is 23.2 Å². The van der Waals surface area contributed by atoms with Gasteiger partial charge in [-0.15, -0.1) is 10.2 Å². The van der Waals surface area contributed by atoms with Crippen molar-refractivity contribution >= 4 is 29.2 Å². The normalized spacial score (nSPS) is 11.8. The van der Waals surface area contributed by atoms with Gasteiger partial charge in [0.1, 0.15) is 11.0 Å². The van der Waals surface area contributed by atoms with Crippen LogP contribution in [-0.4, -0.2) is 31.8 Å². The number of guanidine groups is 1. The van der Waals surface area contributed by atoms with E-state index in [1.54, 1.807) is 0 Å². The summed E-state index contributed by atoms with van der Waals surface area (Å²) in [5, 5.41) is 15.9. The molecule has 0 aliphatic heterocycles. The van der Waals surface area contributed by atoms with E-state index in [9.17, 15) is 0 Å². The van der Waals surface area contributed by atoms with Gasteiger partial charge < -0.3 is 19.8 Å². The van der Waals surface area contributed by atoms with Gasteiger partial charge in [0.2, 0.25) is 0 Å². The molecule has 2 rings (SSSR count). The van der Waals surface area contributed by atoms with Crippen molar-refractivity contribution in [3.05, 3.63) is 33.6 Å². The lowest BCUT2D eigenvalue weighted by atomic mass is 10.3. The molecule has 9 heteroatoms. The number of hydrogen-bond acceptors (Lipinski definition) is 3. The quantitative estimate of drug-likeness (QED) is 0.436. The van der Waals surface area contributed by atoms with Crippen LogP contribution in [0.4, 0.5) is 0 Å². The van der Waals surface area contributed by atoms with E-state index in [1.165, 1.54) is 0 Å². The smallest absolute Gasteiger partial charge is 0.192 e.